The van der Waals surface area contributed by atoms with Crippen LogP contribution < -0.4 is 5.32 Å². The molecule has 0 amide bonds. The molecule has 2 aromatic rings. The number of aromatic nitrogens is 2. The van der Waals surface area contributed by atoms with Crippen LogP contribution in [0, 0.1) is 5.82 Å². The molecule has 0 saturated carbocycles. The highest BCUT2D eigenvalue weighted by Crippen LogP contribution is 2.23. The highest BCUT2D eigenvalue weighted by molar-refractivity contribution is 5.30. The molecular weight excluding hydrogens is 205 g/mol. The second kappa shape index (κ2) is 4.45. The van der Waals surface area contributed by atoms with Gasteiger partial charge < -0.3 is 5.32 Å². The van der Waals surface area contributed by atoms with E-state index in [-0.39, 0.29) is 11.9 Å². The number of hydrogen-bond acceptors (Lipinski definition) is 2. The van der Waals surface area contributed by atoms with E-state index in [1.807, 2.05) is 26.4 Å². The lowest BCUT2D eigenvalue weighted by atomic mass is 10.0. The summed E-state index contributed by atoms with van der Waals surface area (Å²) in [7, 11) is 3.65. The Morgan fingerprint density at radius 2 is 2.12 bits per heavy atom. The molecule has 0 aliphatic heterocycles. The molecule has 1 aromatic heterocycles. The number of aryl methyl sites for hydroxylation is 1. The van der Waals surface area contributed by atoms with Crippen molar-refractivity contribution < 1.29 is 4.39 Å². The third-order valence-electron chi connectivity index (χ3n) is 2.56. The predicted molar refractivity (Wildman–Crippen MR) is 60.5 cm³/mol. The zero-order valence-electron chi connectivity index (χ0n) is 9.31. The molecule has 0 spiro atoms. The van der Waals surface area contributed by atoms with Gasteiger partial charge in [0.05, 0.1) is 12.2 Å². The number of nitrogens with one attached hydrogen (secondary N) is 1. The van der Waals surface area contributed by atoms with E-state index in [9.17, 15) is 4.39 Å². The quantitative estimate of drug-likeness (QED) is 0.854. The first-order valence-electron chi connectivity index (χ1n) is 5.12. The van der Waals surface area contributed by atoms with Gasteiger partial charge in [-0.3, -0.25) is 4.68 Å². The summed E-state index contributed by atoms with van der Waals surface area (Å²) in [5, 5.41) is 7.19. The number of hydrogen-bond donors (Lipinski definition) is 1. The molecule has 4 heteroatoms. The first-order chi connectivity index (χ1) is 7.72. The van der Waals surface area contributed by atoms with Gasteiger partial charge in [0.2, 0.25) is 0 Å². The largest absolute Gasteiger partial charge is 0.309 e. The molecule has 0 radical (unpaired) electrons. The fourth-order valence-electron chi connectivity index (χ4n) is 1.80. The SMILES string of the molecule is CNC(c1cnn(C)c1)c1ccccc1F. The molecule has 0 aliphatic rings. The van der Waals surface area contributed by atoms with Gasteiger partial charge in [0.15, 0.2) is 0 Å². The summed E-state index contributed by atoms with van der Waals surface area (Å²) in [5.41, 5.74) is 1.59. The van der Waals surface area contributed by atoms with E-state index in [1.165, 1.54) is 6.07 Å². The van der Waals surface area contributed by atoms with Crippen LogP contribution in [-0.4, -0.2) is 16.8 Å². The molecule has 1 unspecified atom stereocenters. The molecular formula is C12H14FN3. The molecule has 84 valence electrons. The van der Waals surface area contributed by atoms with Crippen LogP contribution in [0.3, 0.4) is 0 Å². The monoisotopic (exact) mass is 219 g/mol. The smallest absolute Gasteiger partial charge is 0.128 e. The fraction of sp³-hybridized carbons (Fsp3) is 0.250. The van der Waals surface area contributed by atoms with Gasteiger partial charge in [-0.25, -0.2) is 4.39 Å². The molecule has 1 aromatic carbocycles. The van der Waals surface area contributed by atoms with Crippen molar-refractivity contribution in [3.8, 4) is 0 Å². The Bertz CT molecular complexity index is 479. The number of nitrogens with zero attached hydrogens (tertiary/aromatic N) is 2. The maximum atomic E-state index is 13.7. The van der Waals surface area contributed by atoms with Gasteiger partial charge in [-0.15, -0.1) is 0 Å². The van der Waals surface area contributed by atoms with Crippen LogP contribution in [0.1, 0.15) is 17.2 Å². The molecule has 1 N–H and O–H groups in total. The van der Waals surface area contributed by atoms with Crippen LogP contribution in [-0.2, 0) is 7.05 Å². The Kier molecular flexibility index (Phi) is 3.01. The lowest BCUT2D eigenvalue weighted by Crippen LogP contribution is -2.18. The van der Waals surface area contributed by atoms with Gasteiger partial charge in [-0.2, -0.15) is 5.10 Å². The molecule has 0 aliphatic carbocycles. The normalized spacial score (nSPS) is 12.7. The summed E-state index contributed by atoms with van der Waals surface area (Å²) in [6, 6.07) is 6.61. The average molecular weight is 219 g/mol. The van der Waals surface area contributed by atoms with E-state index in [0.29, 0.717) is 5.56 Å². The first kappa shape index (κ1) is 10.8. The fourth-order valence-corrected chi connectivity index (χ4v) is 1.80. The van der Waals surface area contributed by atoms with E-state index in [2.05, 4.69) is 10.4 Å². The molecule has 1 heterocycles. The highest BCUT2D eigenvalue weighted by atomic mass is 19.1. The summed E-state index contributed by atoms with van der Waals surface area (Å²) >= 11 is 0. The van der Waals surface area contributed by atoms with E-state index in [4.69, 9.17) is 0 Å². The van der Waals surface area contributed by atoms with Gasteiger partial charge in [0.1, 0.15) is 5.82 Å². The van der Waals surface area contributed by atoms with Gasteiger partial charge in [0, 0.05) is 24.4 Å². The van der Waals surface area contributed by atoms with Crippen molar-refractivity contribution >= 4 is 0 Å². The van der Waals surface area contributed by atoms with Crippen molar-refractivity contribution in [1.29, 1.82) is 0 Å². The summed E-state index contributed by atoms with van der Waals surface area (Å²) in [4.78, 5) is 0. The van der Waals surface area contributed by atoms with Gasteiger partial charge in [0.25, 0.3) is 0 Å². The Balaban J connectivity index is 2.40. The minimum atomic E-state index is -0.203. The molecule has 1 atom stereocenters. The van der Waals surface area contributed by atoms with Gasteiger partial charge in [-0.05, 0) is 13.1 Å². The van der Waals surface area contributed by atoms with Crippen LogP contribution in [0.25, 0.3) is 0 Å². The van der Waals surface area contributed by atoms with Gasteiger partial charge in [-0.1, -0.05) is 18.2 Å². The Hall–Kier alpha value is -1.68. The van der Waals surface area contributed by atoms with E-state index in [1.54, 1.807) is 23.0 Å². The standard InChI is InChI=1S/C12H14FN3/c1-14-12(9-7-15-16(2)8-9)10-5-3-4-6-11(10)13/h3-8,12,14H,1-2H3. The van der Waals surface area contributed by atoms with Crippen molar-refractivity contribution in [3.63, 3.8) is 0 Å². The third-order valence-corrected chi connectivity index (χ3v) is 2.56. The third kappa shape index (κ3) is 1.97. The summed E-state index contributed by atoms with van der Waals surface area (Å²) in [6.45, 7) is 0. The highest BCUT2D eigenvalue weighted by Gasteiger charge is 2.16. The van der Waals surface area contributed by atoms with Crippen molar-refractivity contribution in [2.24, 2.45) is 7.05 Å². The van der Waals surface area contributed by atoms with E-state index in [0.717, 1.165) is 5.56 Å². The van der Waals surface area contributed by atoms with Crippen LogP contribution in [0.2, 0.25) is 0 Å². The topological polar surface area (TPSA) is 29.9 Å². The van der Waals surface area contributed by atoms with E-state index >= 15 is 0 Å². The lowest BCUT2D eigenvalue weighted by Gasteiger charge is -2.15. The number of halogens is 1. The van der Waals surface area contributed by atoms with Crippen LogP contribution in [0.15, 0.2) is 36.7 Å². The van der Waals surface area contributed by atoms with Crippen molar-refractivity contribution in [3.05, 3.63) is 53.6 Å². The molecule has 0 saturated heterocycles. The maximum Gasteiger partial charge on any atom is 0.128 e. The summed E-state index contributed by atoms with van der Waals surface area (Å²) in [6.07, 6.45) is 3.63. The van der Waals surface area contributed by atoms with Crippen molar-refractivity contribution in [2.45, 2.75) is 6.04 Å². The minimum absolute atomic E-state index is 0.157. The zero-order valence-corrected chi connectivity index (χ0v) is 9.31. The number of benzene rings is 1. The maximum absolute atomic E-state index is 13.7. The molecule has 3 nitrogen and oxygen atoms in total. The average Bonchev–Trinajstić information content (AvgIpc) is 2.69. The zero-order chi connectivity index (χ0) is 11.5. The lowest BCUT2D eigenvalue weighted by molar-refractivity contribution is 0.576. The van der Waals surface area contributed by atoms with Crippen LogP contribution in [0.5, 0.6) is 0 Å². The molecule has 16 heavy (non-hydrogen) atoms. The number of rotatable bonds is 3. The predicted octanol–water partition coefficient (Wildman–Crippen LogP) is 1.87. The Morgan fingerprint density at radius 1 is 1.38 bits per heavy atom. The molecule has 0 fully saturated rings. The van der Waals surface area contributed by atoms with E-state index < -0.39 is 0 Å². The molecule has 2 rings (SSSR count). The second-order valence-electron chi connectivity index (χ2n) is 3.69. The van der Waals surface area contributed by atoms with Crippen molar-refractivity contribution in [1.82, 2.24) is 15.1 Å². The first-order valence-corrected chi connectivity index (χ1v) is 5.12. The van der Waals surface area contributed by atoms with Gasteiger partial charge >= 0.3 is 0 Å². The summed E-state index contributed by atoms with van der Waals surface area (Å²) < 4.78 is 15.4. The van der Waals surface area contributed by atoms with Crippen molar-refractivity contribution in [2.75, 3.05) is 7.05 Å². The summed E-state index contributed by atoms with van der Waals surface area (Å²) in [5.74, 6) is -0.203. The molecule has 0 bridgehead atoms. The Labute approximate surface area is 93.9 Å². The Morgan fingerprint density at radius 3 is 2.69 bits per heavy atom. The van der Waals surface area contributed by atoms with Crippen LogP contribution >= 0.6 is 0 Å². The minimum Gasteiger partial charge on any atom is -0.309 e. The van der Waals surface area contributed by atoms with Crippen LogP contribution in [0.4, 0.5) is 4.39 Å². The second-order valence-corrected chi connectivity index (χ2v) is 3.69.